The van der Waals surface area contributed by atoms with Crippen molar-refractivity contribution in [3.63, 3.8) is 0 Å². The van der Waals surface area contributed by atoms with Gasteiger partial charge >= 0.3 is 6.36 Å². The fourth-order valence-electron chi connectivity index (χ4n) is 0.597. The van der Waals surface area contributed by atoms with Crippen LogP contribution in [0.1, 0.15) is 0 Å². The fourth-order valence-corrected chi connectivity index (χ4v) is 1.03. The molecule has 0 saturated heterocycles. The van der Waals surface area contributed by atoms with Crippen LogP contribution in [0.25, 0.3) is 0 Å². The number of alkyl halides is 3. The molecule has 72 valence electrons. The van der Waals surface area contributed by atoms with Gasteiger partial charge in [-0.1, -0.05) is 11.6 Å². The molecule has 0 N–H and O–H groups in total. The number of hydrogen-bond donors (Lipinski definition) is 0. The SMILES string of the molecule is FC(F)(F)Oc1cncc(Cl)c1Br. The number of hydrogen-bond acceptors (Lipinski definition) is 2. The van der Waals surface area contributed by atoms with Crippen molar-refractivity contribution in [3.05, 3.63) is 21.9 Å². The average molecular weight is 276 g/mol. The van der Waals surface area contributed by atoms with Crippen LogP contribution in [0.15, 0.2) is 16.9 Å². The largest absolute Gasteiger partial charge is 0.573 e. The molecular formula is C6H2BrClF3NO. The van der Waals surface area contributed by atoms with Crippen molar-refractivity contribution < 1.29 is 17.9 Å². The number of rotatable bonds is 1. The third-order valence-corrected chi connectivity index (χ3v) is 2.36. The van der Waals surface area contributed by atoms with Gasteiger partial charge in [0, 0.05) is 6.20 Å². The molecule has 0 spiro atoms. The van der Waals surface area contributed by atoms with Crippen LogP contribution in [0.2, 0.25) is 5.02 Å². The molecule has 0 amide bonds. The molecule has 0 unspecified atom stereocenters. The van der Waals surface area contributed by atoms with Crippen molar-refractivity contribution in [1.82, 2.24) is 4.98 Å². The second-order valence-electron chi connectivity index (χ2n) is 1.98. The lowest BCUT2D eigenvalue weighted by Crippen LogP contribution is -2.17. The summed E-state index contributed by atoms with van der Waals surface area (Å²) >= 11 is 8.32. The van der Waals surface area contributed by atoms with Crippen molar-refractivity contribution in [2.75, 3.05) is 0 Å². The van der Waals surface area contributed by atoms with Crippen LogP contribution in [0, 0.1) is 0 Å². The molecule has 0 saturated carbocycles. The molecule has 1 aromatic heterocycles. The van der Waals surface area contributed by atoms with Crippen LogP contribution in [-0.4, -0.2) is 11.3 Å². The number of aromatic nitrogens is 1. The number of ether oxygens (including phenoxy) is 1. The summed E-state index contributed by atoms with van der Waals surface area (Å²) in [6.07, 6.45) is -2.62. The Morgan fingerprint density at radius 3 is 2.54 bits per heavy atom. The van der Waals surface area contributed by atoms with Gasteiger partial charge in [-0.2, -0.15) is 0 Å². The quantitative estimate of drug-likeness (QED) is 0.784. The molecule has 0 aliphatic carbocycles. The lowest BCUT2D eigenvalue weighted by molar-refractivity contribution is -0.275. The summed E-state index contributed by atoms with van der Waals surface area (Å²) in [7, 11) is 0. The lowest BCUT2D eigenvalue weighted by atomic mass is 10.5. The minimum Gasteiger partial charge on any atom is -0.403 e. The van der Waals surface area contributed by atoms with Gasteiger partial charge in [-0.3, -0.25) is 4.98 Å². The number of halogens is 5. The highest BCUT2D eigenvalue weighted by Gasteiger charge is 2.32. The molecule has 1 aromatic rings. The summed E-state index contributed by atoms with van der Waals surface area (Å²) in [5.41, 5.74) is 0. The van der Waals surface area contributed by atoms with Gasteiger partial charge in [0.2, 0.25) is 0 Å². The van der Waals surface area contributed by atoms with E-state index < -0.39 is 12.1 Å². The van der Waals surface area contributed by atoms with Gasteiger partial charge in [0.15, 0.2) is 5.75 Å². The van der Waals surface area contributed by atoms with Gasteiger partial charge in [0.25, 0.3) is 0 Å². The molecule has 0 fully saturated rings. The molecule has 0 aliphatic rings. The standard InChI is InChI=1S/C6H2BrClF3NO/c7-5-3(8)1-12-2-4(5)13-6(9,10)11/h1-2H. The first-order valence-electron chi connectivity index (χ1n) is 2.95. The fraction of sp³-hybridized carbons (Fsp3) is 0.167. The van der Waals surface area contributed by atoms with E-state index in [1.165, 1.54) is 6.20 Å². The zero-order valence-electron chi connectivity index (χ0n) is 5.90. The molecule has 2 nitrogen and oxygen atoms in total. The Balaban J connectivity index is 2.96. The van der Waals surface area contributed by atoms with Gasteiger partial charge in [-0.25, -0.2) is 0 Å². The first-order chi connectivity index (χ1) is 5.90. The maximum Gasteiger partial charge on any atom is 0.573 e. The van der Waals surface area contributed by atoms with Crippen LogP contribution in [0.5, 0.6) is 5.75 Å². The van der Waals surface area contributed by atoms with Crippen molar-refractivity contribution in [2.45, 2.75) is 6.36 Å². The second-order valence-corrected chi connectivity index (χ2v) is 3.18. The highest BCUT2D eigenvalue weighted by Crippen LogP contribution is 2.34. The molecule has 1 heterocycles. The Kier molecular flexibility index (Phi) is 3.02. The Morgan fingerprint density at radius 2 is 2.00 bits per heavy atom. The molecule has 0 bridgehead atoms. The molecule has 0 atom stereocenters. The topological polar surface area (TPSA) is 22.1 Å². The summed E-state index contributed by atoms with van der Waals surface area (Å²) in [6, 6.07) is 0. The summed E-state index contributed by atoms with van der Waals surface area (Å²) in [4.78, 5) is 3.44. The first kappa shape index (κ1) is 10.6. The van der Waals surface area contributed by atoms with E-state index in [1.54, 1.807) is 0 Å². The summed E-state index contributed by atoms with van der Waals surface area (Å²) in [6.45, 7) is 0. The third-order valence-electron chi connectivity index (χ3n) is 1.03. The Morgan fingerprint density at radius 1 is 1.38 bits per heavy atom. The van der Waals surface area contributed by atoms with Crippen molar-refractivity contribution in [2.24, 2.45) is 0 Å². The minimum atomic E-state index is -4.74. The summed E-state index contributed by atoms with van der Waals surface area (Å²) < 4.78 is 38.9. The van der Waals surface area contributed by atoms with Crippen LogP contribution in [0.4, 0.5) is 13.2 Å². The second kappa shape index (κ2) is 3.71. The van der Waals surface area contributed by atoms with Gasteiger partial charge in [0.1, 0.15) is 0 Å². The molecule has 7 heteroatoms. The van der Waals surface area contributed by atoms with E-state index in [2.05, 4.69) is 25.7 Å². The van der Waals surface area contributed by atoms with Crippen LogP contribution in [-0.2, 0) is 0 Å². The van der Waals surface area contributed by atoms with Gasteiger partial charge in [-0.05, 0) is 15.9 Å². The average Bonchev–Trinajstić information content (AvgIpc) is 1.96. The number of nitrogens with zero attached hydrogens (tertiary/aromatic N) is 1. The Bertz CT molecular complexity index is 317. The van der Waals surface area contributed by atoms with E-state index in [0.717, 1.165) is 6.20 Å². The summed E-state index contributed by atoms with van der Waals surface area (Å²) in [5, 5.41) is 0.0572. The molecule has 13 heavy (non-hydrogen) atoms. The van der Waals surface area contributed by atoms with Gasteiger partial charge in [-0.15, -0.1) is 13.2 Å². The predicted octanol–water partition coefficient (Wildman–Crippen LogP) is 3.40. The van der Waals surface area contributed by atoms with Crippen molar-refractivity contribution in [1.29, 1.82) is 0 Å². The van der Waals surface area contributed by atoms with E-state index >= 15 is 0 Å². The van der Waals surface area contributed by atoms with E-state index in [9.17, 15) is 13.2 Å². The molecule has 0 radical (unpaired) electrons. The first-order valence-corrected chi connectivity index (χ1v) is 4.12. The highest BCUT2D eigenvalue weighted by atomic mass is 79.9. The van der Waals surface area contributed by atoms with E-state index in [-0.39, 0.29) is 9.50 Å². The zero-order chi connectivity index (χ0) is 10.1. The Labute approximate surface area is 84.8 Å². The molecule has 0 aliphatic heterocycles. The van der Waals surface area contributed by atoms with Crippen molar-refractivity contribution in [3.8, 4) is 5.75 Å². The van der Waals surface area contributed by atoms with E-state index in [0.29, 0.717) is 0 Å². The predicted molar refractivity (Wildman–Crippen MR) is 43.6 cm³/mol. The van der Waals surface area contributed by atoms with E-state index in [4.69, 9.17) is 11.6 Å². The van der Waals surface area contributed by atoms with Crippen LogP contribution >= 0.6 is 27.5 Å². The molecule has 0 aromatic carbocycles. The van der Waals surface area contributed by atoms with E-state index in [1.807, 2.05) is 0 Å². The van der Waals surface area contributed by atoms with Crippen LogP contribution < -0.4 is 4.74 Å². The maximum atomic E-state index is 11.7. The van der Waals surface area contributed by atoms with Crippen LogP contribution in [0.3, 0.4) is 0 Å². The Hall–Kier alpha value is -0.490. The monoisotopic (exact) mass is 275 g/mol. The van der Waals surface area contributed by atoms with Crippen molar-refractivity contribution >= 4 is 27.5 Å². The normalized spacial score (nSPS) is 11.5. The minimum absolute atomic E-state index is 0.0292. The summed E-state index contributed by atoms with van der Waals surface area (Å²) in [5.74, 6) is -0.458. The lowest BCUT2D eigenvalue weighted by Gasteiger charge is -2.09. The van der Waals surface area contributed by atoms with Gasteiger partial charge in [0.05, 0.1) is 15.7 Å². The highest BCUT2D eigenvalue weighted by molar-refractivity contribution is 9.10. The molecular weight excluding hydrogens is 274 g/mol. The zero-order valence-corrected chi connectivity index (χ0v) is 8.24. The number of pyridine rings is 1. The van der Waals surface area contributed by atoms with Gasteiger partial charge < -0.3 is 4.74 Å². The third kappa shape index (κ3) is 3.04. The maximum absolute atomic E-state index is 11.7. The smallest absolute Gasteiger partial charge is 0.403 e. The molecule has 1 rings (SSSR count).